The topological polar surface area (TPSA) is 385 Å². The third-order valence-electron chi connectivity index (χ3n) is 14.6. The molecule has 2 aliphatic rings. The summed E-state index contributed by atoms with van der Waals surface area (Å²) < 4.78 is 0. The van der Waals surface area contributed by atoms with Gasteiger partial charge in [0, 0.05) is 123 Å². The number of carboxylic acids is 3. The summed E-state index contributed by atoms with van der Waals surface area (Å²) in [7, 11) is 0. The largest absolute Gasteiger partial charge is 0.508 e. The van der Waals surface area contributed by atoms with Crippen molar-refractivity contribution in [2.24, 2.45) is 10.7 Å². The number of phenolic OH excluding ortho intramolecular Hbond substituents is 1. The van der Waals surface area contributed by atoms with Gasteiger partial charge in [-0.3, -0.25) is 73.2 Å². The van der Waals surface area contributed by atoms with E-state index in [1.54, 1.807) is 33.8 Å². The first-order valence-corrected chi connectivity index (χ1v) is 29.5. The van der Waals surface area contributed by atoms with Gasteiger partial charge in [0.1, 0.15) is 11.8 Å². The number of amides is 7. The second-order valence-corrected chi connectivity index (χ2v) is 21.4. The Labute approximate surface area is 507 Å². The third-order valence-corrected chi connectivity index (χ3v) is 14.6. The van der Waals surface area contributed by atoms with Gasteiger partial charge in [0.2, 0.25) is 29.5 Å². The van der Waals surface area contributed by atoms with Crippen molar-refractivity contribution in [3.63, 3.8) is 0 Å². The molecule has 2 heterocycles. The normalized spacial score (nSPS) is 16.1. The molecular weight excluding hydrogens is 1130 g/mol. The van der Waals surface area contributed by atoms with E-state index in [0.717, 1.165) is 11.3 Å². The average molecular weight is 1210 g/mol. The van der Waals surface area contributed by atoms with E-state index in [-0.39, 0.29) is 127 Å². The van der Waals surface area contributed by atoms with Crippen molar-refractivity contribution in [1.82, 2.24) is 61.7 Å². The molecule has 0 spiro atoms. The Hall–Kier alpha value is -8.44. The molecule has 2 fully saturated rings. The van der Waals surface area contributed by atoms with E-state index in [1.165, 1.54) is 12.1 Å². The molecule has 2 saturated heterocycles. The summed E-state index contributed by atoms with van der Waals surface area (Å²) in [4.78, 5) is 126. The molecule has 28 heteroatoms. The summed E-state index contributed by atoms with van der Waals surface area (Å²) in [5.74, 6) is -5.29. The van der Waals surface area contributed by atoms with E-state index in [9.17, 15) is 63.6 Å². The molecule has 7 amide bonds. The number of aliphatic imine (C=N–C) groups is 1. The number of phenols is 1. The van der Waals surface area contributed by atoms with Crippen LogP contribution in [0.3, 0.4) is 0 Å². The smallest absolute Gasteiger partial charge is 0.321 e. The fourth-order valence-electron chi connectivity index (χ4n) is 9.89. The molecule has 476 valence electrons. The zero-order chi connectivity index (χ0) is 62.9. The minimum absolute atomic E-state index is 0.0191. The number of hydrogen-bond acceptors (Lipinski definition) is 17. The van der Waals surface area contributed by atoms with Crippen LogP contribution in [0.4, 0.5) is 10.5 Å². The minimum Gasteiger partial charge on any atom is -0.508 e. The molecule has 0 bridgehead atoms. The second-order valence-electron chi connectivity index (χ2n) is 21.4. The van der Waals surface area contributed by atoms with Gasteiger partial charge < -0.3 is 63.4 Å². The number of aromatic hydroxyl groups is 1. The fraction of sp³-hybridized carbons (Fsp3) is 0.525. The number of nitrogens with zero attached hydrogens (tertiary/aromatic N) is 6. The van der Waals surface area contributed by atoms with Crippen molar-refractivity contribution >= 4 is 65.1 Å². The first-order chi connectivity index (χ1) is 41.8. The fourth-order valence-corrected chi connectivity index (χ4v) is 9.89. The van der Waals surface area contributed by atoms with E-state index < -0.39 is 47.7 Å². The SMILES string of the molecule is CCC(=O)NCCNC(=O)NC(N)=NCCC[C@@H](NC(=O)C(c1ccccc1)c1ccc(NCCCNC(=O)CN2CCC(NC(=O)CN3CCN(CC(=O)O)CCN(CC(=O)O)CCN(CC(=O)O)CC3)CC2)cc1)C(=O)NCc1ccc(O)cc1. The molecule has 3 aromatic carbocycles. The molecule has 87 heavy (non-hydrogen) atoms. The van der Waals surface area contributed by atoms with Crippen LogP contribution in [0, 0.1) is 0 Å². The van der Waals surface area contributed by atoms with E-state index in [4.69, 9.17) is 5.73 Å². The number of carbonyl (C=O) groups is 9. The molecule has 14 N–H and O–H groups in total. The number of benzene rings is 3. The highest BCUT2D eigenvalue weighted by Crippen LogP contribution is 2.27. The van der Waals surface area contributed by atoms with Crippen molar-refractivity contribution in [3.8, 4) is 5.75 Å². The maximum absolute atomic E-state index is 14.4. The van der Waals surface area contributed by atoms with Crippen LogP contribution in [-0.4, -0.2) is 247 Å². The second kappa shape index (κ2) is 37.9. The number of nitrogens with one attached hydrogen (secondary N) is 8. The first-order valence-electron chi connectivity index (χ1n) is 29.5. The molecule has 2 atom stereocenters. The maximum Gasteiger partial charge on any atom is 0.321 e. The van der Waals surface area contributed by atoms with Crippen LogP contribution in [0.2, 0.25) is 0 Å². The van der Waals surface area contributed by atoms with Gasteiger partial charge in [-0.25, -0.2) is 4.79 Å². The highest BCUT2D eigenvalue weighted by Gasteiger charge is 2.29. The lowest BCUT2D eigenvalue weighted by Crippen LogP contribution is -2.51. The lowest BCUT2D eigenvalue weighted by atomic mass is 9.90. The van der Waals surface area contributed by atoms with Gasteiger partial charge in [0.25, 0.3) is 0 Å². The van der Waals surface area contributed by atoms with Crippen LogP contribution in [-0.2, 0) is 44.9 Å². The van der Waals surface area contributed by atoms with Crippen molar-refractivity contribution in [1.29, 1.82) is 0 Å². The highest BCUT2D eigenvalue weighted by atomic mass is 16.4. The molecule has 1 unspecified atom stereocenters. The quantitative estimate of drug-likeness (QED) is 0.0213. The van der Waals surface area contributed by atoms with Crippen LogP contribution in [0.25, 0.3) is 0 Å². The van der Waals surface area contributed by atoms with Gasteiger partial charge in [0.05, 0.1) is 38.6 Å². The number of hydrogen-bond donors (Lipinski definition) is 13. The number of carboxylic acid groups (broad SMARTS) is 3. The number of guanidine groups is 1. The monoisotopic (exact) mass is 1210 g/mol. The van der Waals surface area contributed by atoms with Crippen LogP contribution in [0.1, 0.15) is 68.1 Å². The number of carbonyl (C=O) groups excluding carboxylic acids is 6. The predicted octanol–water partition coefficient (Wildman–Crippen LogP) is -0.780. The van der Waals surface area contributed by atoms with Crippen LogP contribution in [0.15, 0.2) is 83.9 Å². The zero-order valence-electron chi connectivity index (χ0n) is 49.6. The number of likely N-dealkylation sites (tertiary alicyclic amines) is 1. The first kappa shape index (κ1) is 69.3. The van der Waals surface area contributed by atoms with E-state index in [0.29, 0.717) is 95.6 Å². The minimum atomic E-state index is -1.04. The summed E-state index contributed by atoms with van der Waals surface area (Å²) in [6, 6.07) is 21.3. The summed E-state index contributed by atoms with van der Waals surface area (Å²) in [6.07, 6.45) is 2.68. The number of urea groups is 1. The predicted molar refractivity (Wildman–Crippen MR) is 325 cm³/mol. The van der Waals surface area contributed by atoms with Crippen LogP contribution in [0.5, 0.6) is 5.75 Å². The van der Waals surface area contributed by atoms with Crippen molar-refractivity contribution in [2.45, 2.75) is 70.0 Å². The summed E-state index contributed by atoms with van der Waals surface area (Å²) in [6.45, 7) is 6.39. The van der Waals surface area contributed by atoms with Crippen molar-refractivity contribution < 1.29 is 63.6 Å². The molecule has 0 saturated carbocycles. The number of nitrogens with two attached hydrogens (primary N) is 1. The number of anilines is 1. The Kier molecular flexibility index (Phi) is 30.2. The van der Waals surface area contributed by atoms with Gasteiger partial charge in [0.15, 0.2) is 5.96 Å². The molecular formula is C59H87N15O13. The molecule has 0 radical (unpaired) electrons. The Bertz CT molecular complexity index is 2680. The zero-order valence-corrected chi connectivity index (χ0v) is 49.6. The van der Waals surface area contributed by atoms with E-state index >= 15 is 0 Å². The van der Waals surface area contributed by atoms with Crippen LogP contribution >= 0.6 is 0 Å². The summed E-state index contributed by atoms with van der Waals surface area (Å²) >= 11 is 0. The third kappa shape index (κ3) is 27.6. The maximum atomic E-state index is 14.4. The van der Waals surface area contributed by atoms with Crippen LogP contribution < -0.4 is 48.3 Å². The van der Waals surface area contributed by atoms with Gasteiger partial charge in [-0.2, -0.15) is 0 Å². The molecule has 3 aromatic rings. The molecule has 5 rings (SSSR count). The summed E-state index contributed by atoms with van der Waals surface area (Å²) in [5, 5.41) is 61.2. The summed E-state index contributed by atoms with van der Waals surface area (Å²) in [5.41, 5.74) is 8.85. The molecule has 28 nitrogen and oxygen atoms in total. The Morgan fingerprint density at radius 1 is 0.563 bits per heavy atom. The molecule has 0 aromatic heterocycles. The molecule has 0 aliphatic carbocycles. The average Bonchev–Trinajstić information content (AvgIpc) is 2.21. The number of piperidine rings is 1. The molecule has 2 aliphatic heterocycles. The lowest BCUT2D eigenvalue weighted by Gasteiger charge is -2.34. The van der Waals surface area contributed by atoms with Gasteiger partial charge in [-0.05, 0) is 73.1 Å². The Balaban J connectivity index is 1.06. The van der Waals surface area contributed by atoms with E-state index in [1.807, 2.05) is 64.4 Å². The van der Waals surface area contributed by atoms with Gasteiger partial charge in [-0.1, -0.05) is 61.5 Å². The highest BCUT2D eigenvalue weighted by molar-refractivity contribution is 5.95. The van der Waals surface area contributed by atoms with Gasteiger partial charge >= 0.3 is 23.9 Å². The number of rotatable bonds is 31. The van der Waals surface area contributed by atoms with Crippen molar-refractivity contribution in [3.05, 3.63) is 95.6 Å². The lowest BCUT2D eigenvalue weighted by molar-refractivity contribution is -0.140. The van der Waals surface area contributed by atoms with Gasteiger partial charge in [-0.15, -0.1) is 0 Å². The Morgan fingerprint density at radius 3 is 1.64 bits per heavy atom. The Morgan fingerprint density at radius 2 is 1.08 bits per heavy atom. The number of aliphatic carboxylic acids is 3. The van der Waals surface area contributed by atoms with E-state index in [2.05, 4.69) is 47.5 Å². The standard InChI is InChI=1S/C59H87N15O13/c1-2-49(76)63-24-25-65-59(87)69-58(60)64-21-6-10-48(56(85)66-36-42-11-17-47(75)18-12-42)68-57(86)55(43-8-4-3-5-9-43)44-13-15-45(16-14-44)61-22-7-23-62-50(77)37-70-26-19-46(20-27-70)67-51(78)38-71-28-30-72(39-52(79)80)32-34-74(41-54(83)84)35-33-73(31-29-71)40-53(81)82/h3-5,8-9,11-18,46,48,55,61,75H,2,6-7,10,19-41H2,1H3,(H,62,77)(H,63,76)(H,66,85)(H,67,78)(H,68,86)(H,79,80)(H,81,82)(H,83,84)(H4,60,64,65,69,87)/t48-,55?/m1/s1. The van der Waals surface area contributed by atoms with Crippen molar-refractivity contribution in [2.75, 3.05) is 136 Å².